The quantitative estimate of drug-likeness (QED) is 0.123. The maximum Gasteiger partial charge on any atom is 0.399 e. The number of benzene rings is 3. The van der Waals surface area contributed by atoms with E-state index in [4.69, 9.17) is 28.3 Å². The van der Waals surface area contributed by atoms with Crippen LogP contribution in [0.5, 0.6) is 0 Å². The SMILES string of the molecule is NS(=O)(=O)c1cc(CSc2cccc(SCc3ccc(CP(=O)(OF)OF)c(Br)c3)c2)c(Cl)cc1Cl.[Na]. The first kappa shape index (κ1) is 33.5. The van der Waals surface area contributed by atoms with Crippen LogP contribution in [0.4, 0.5) is 9.05 Å². The van der Waals surface area contributed by atoms with Crippen LogP contribution >= 0.6 is 70.3 Å². The summed E-state index contributed by atoms with van der Waals surface area (Å²) in [5.41, 5.74) is 1.86. The topological polar surface area (TPSA) is 95.7 Å². The third-order valence-corrected chi connectivity index (χ3v) is 10.4. The van der Waals surface area contributed by atoms with Crippen molar-refractivity contribution in [3.8, 4) is 0 Å². The minimum Gasteiger partial charge on any atom is -0.254 e. The average molecular weight is 702 g/mol. The molecule has 0 amide bonds. The van der Waals surface area contributed by atoms with E-state index in [1.54, 1.807) is 30.0 Å². The Kier molecular flexibility index (Phi) is 13.4. The Morgan fingerprint density at radius 2 is 1.54 bits per heavy atom. The van der Waals surface area contributed by atoms with Crippen LogP contribution in [-0.2, 0) is 41.7 Å². The summed E-state index contributed by atoms with van der Waals surface area (Å²) >= 11 is 18.5. The Labute approximate surface area is 262 Å². The van der Waals surface area contributed by atoms with Gasteiger partial charge in [-0.15, -0.1) is 33.0 Å². The van der Waals surface area contributed by atoms with Crippen LogP contribution in [0.3, 0.4) is 0 Å². The molecule has 16 heteroatoms. The monoisotopic (exact) mass is 700 g/mol. The Balaban J connectivity index is 0.00000481. The zero-order chi connectivity index (χ0) is 26.5. The minimum absolute atomic E-state index is 0. The molecule has 37 heavy (non-hydrogen) atoms. The van der Waals surface area contributed by atoms with E-state index >= 15 is 0 Å². The molecule has 0 unspecified atom stereocenters. The van der Waals surface area contributed by atoms with Crippen molar-refractivity contribution in [1.82, 2.24) is 0 Å². The summed E-state index contributed by atoms with van der Waals surface area (Å²) in [6.45, 7) is 0. The molecule has 3 aromatic carbocycles. The van der Waals surface area contributed by atoms with Crippen molar-refractivity contribution in [1.29, 1.82) is 0 Å². The zero-order valence-electron chi connectivity index (χ0n) is 19.0. The van der Waals surface area contributed by atoms with Gasteiger partial charge in [0.2, 0.25) is 10.0 Å². The summed E-state index contributed by atoms with van der Waals surface area (Å²) in [5, 5.41) is 5.53. The van der Waals surface area contributed by atoms with Gasteiger partial charge in [0, 0.05) is 60.3 Å². The van der Waals surface area contributed by atoms with Crippen LogP contribution in [0.15, 0.2) is 73.8 Å². The molecular weight excluding hydrogens is 685 g/mol. The average Bonchev–Trinajstić information content (AvgIpc) is 2.83. The third-order valence-electron chi connectivity index (χ3n) is 4.70. The second-order valence-corrected chi connectivity index (χ2v) is 14.4. The molecule has 1 radical (unpaired) electrons. The van der Waals surface area contributed by atoms with Gasteiger partial charge in [0.25, 0.3) is 0 Å². The van der Waals surface area contributed by atoms with Crippen molar-refractivity contribution in [3.63, 3.8) is 0 Å². The van der Waals surface area contributed by atoms with Gasteiger partial charge in [-0.25, -0.2) is 13.6 Å². The van der Waals surface area contributed by atoms with E-state index < -0.39 is 23.8 Å². The molecule has 0 atom stereocenters. The molecular formula is C21H17BrCl2F2NNaO5PS3. The standard InChI is InChI=1S/C21H17BrCl2F2NO5PS3.Na/c22-18-6-13(4-5-14(18)10-33(28,31-25)32-26)11-34-16-2-1-3-17(8-16)35-12-15-7-21(36(27,29)30)20(24)9-19(15)23;/h1-9H,10-12H2,(H2,27,29,30);. The summed E-state index contributed by atoms with van der Waals surface area (Å²) in [5.74, 6) is 0.987. The number of hydrogen-bond acceptors (Lipinski definition) is 7. The predicted octanol–water partition coefficient (Wildman–Crippen LogP) is 8.10. The van der Waals surface area contributed by atoms with E-state index in [0.29, 0.717) is 32.1 Å². The van der Waals surface area contributed by atoms with Crippen LogP contribution in [0, 0.1) is 0 Å². The molecule has 0 aromatic heterocycles. The fourth-order valence-corrected chi connectivity index (χ4v) is 7.96. The van der Waals surface area contributed by atoms with Gasteiger partial charge in [-0.1, -0.05) is 57.3 Å². The molecule has 0 bridgehead atoms. The minimum atomic E-state index is -4.48. The molecule has 3 aromatic rings. The van der Waals surface area contributed by atoms with E-state index in [2.05, 4.69) is 25.4 Å². The largest absolute Gasteiger partial charge is 0.399 e. The summed E-state index contributed by atoms with van der Waals surface area (Å²) in [4.78, 5) is 1.74. The summed E-state index contributed by atoms with van der Waals surface area (Å²) in [7, 11) is -8.46. The zero-order valence-corrected chi connectivity index (χ0v) is 27.4. The normalized spacial score (nSPS) is 11.8. The maximum absolute atomic E-state index is 12.3. The molecule has 0 fully saturated rings. The molecule has 195 valence electrons. The number of rotatable bonds is 11. The van der Waals surface area contributed by atoms with Gasteiger partial charge >= 0.3 is 7.60 Å². The third kappa shape index (κ3) is 9.74. The van der Waals surface area contributed by atoms with Crippen LogP contribution in [-0.4, -0.2) is 38.0 Å². The fourth-order valence-electron chi connectivity index (χ4n) is 2.96. The van der Waals surface area contributed by atoms with E-state index in [0.717, 1.165) is 15.4 Å². The maximum atomic E-state index is 12.3. The van der Waals surface area contributed by atoms with E-state index in [-0.39, 0.29) is 39.5 Å². The fraction of sp³-hybridized carbons (Fsp3) is 0.143. The van der Waals surface area contributed by atoms with Gasteiger partial charge < -0.3 is 0 Å². The number of primary sulfonamides is 1. The second-order valence-electron chi connectivity index (χ2n) is 7.30. The number of nitrogens with two attached hydrogens (primary N) is 1. The number of thioether (sulfide) groups is 2. The molecule has 0 spiro atoms. The molecule has 3 rings (SSSR count). The first-order chi connectivity index (χ1) is 16.9. The van der Waals surface area contributed by atoms with E-state index in [1.807, 2.05) is 24.3 Å². The summed E-state index contributed by atoms with van der Waals surface area (Å²) < 4.78 is 66.7. The van der Waals surface area contributed by atoms with Crippen molar-refractivity contribution in [2.24, 2.45) is 5.14 Å². The Hall–Kier alpha value is 0.340. The van der Waals surface area contributed by atoms with Crippen LogP contribution in [0.1, 0.15) is 16.7 Å². The van der Waals surface area contributed by atoms with Gasteiger partial charge in [0.15, 0.2) is 0 Å². The van der Waals surface area contributed by atoms with Gasteiger partial charge in [0.05, 0.1) is 11.2 Å². The molecule has 0 heterocycles. The Morgan fingerprint density at radius 3 is 2.11 bits per heavy atom. The van der Waals surface area contributed by atoms with Crippen molar-refractivity contribution < 1.29 is 31.5 Å². The smallest absolute Gasteiger partial charge is 0.254 e. The molecule has 0 aliphatic heterocycles. The number of halogens is 5. The predicted molar refractivity (Wildman–Crippen MR) is 149 cm³/mol. The van der Waals surface area contributed by atoms with E-state index in [9.17, 15) is 22.0 Å². The van der Waals surface area contributed by atoms with Crippen molar-refractivity contribution in [2.75, 3.05) is 0 Å². The Bertz CT molecular complexity index is 1420. The van der Waals surface area contributed by atoms with Gasteiger partial charge in [-0.05, 0) is 62.1 Å². The first-order valence-corrected chi connectivity index (χ1v) is 16.6. The van der Waals surface area contributed by atoms with Crippen LogP contribution < -0.4 is 5.14 Å². The van der Waals surface area contributed by atoms with Gasteiger partial charge in [-0.3, -0.25) is 4.57 Å². The summed E-state index contributed by atoms with van der Waals surface area (Å²) in [6, 6.07) is 15.6. The van der Waals surface area contributed by atoms with Gasteiger partial charge in [0.1, 0.15) is 4.90 Å². The van der Waals surface area contributed by atoms with Crippen molar-refractivity contribution in [2.45, 2.75) is 32.4 Å². The molecule has 0 saturated carbocycles. The van der Waals surface area contributed by atoms with E-state index in [1.165, 1.54) is 23.9 Å². The molecule has 0 aliphatic carbocycles. The number of hydrogen-bond donors (Lipinski definition) is 1. The first-order valence-electron chi connectivity index (χ1n) is 9.77. The van der Waals surface area contributed by atoms with Gasteiger partial charge in [-0.2, -0.15) is 0 Å². The second kappa shape index (κ2) is 14.8. The Morgan fingerprint density at radius 1 is 0.919 bits per heavy atom. The van der Waals surface area contributed by atoms with Crippen LogP contribution in [0.25, 0.3) is 0 Å². The van der Waals surface area contributed by atoms with Crippen molar-refractivity contribution in [3.05, 3.63) is 85.8 Å². The molecule has 0 aliphatic rings. The molecule has 6 nitrogen and oxygen atoms in total. The molecule has 2 N–H and O–H groups in total. The van der Waals surface area contributed by atoms with Crippen molar-refractivity contribution >= 4 is 110 Å². The number of sulfonamides is 1. The van der Waals surface area contributed by atoms with Crippen LogP contribution in [0.2, 0.25) is 10.0 Å². The summed E-state index contributed by atoms with van der Waals surface area (Å²) in [6.07, 6.45) is -0.566. The molecule has 0 saturated heterocycles.